The summed E-state index contributed by atoms with van der Waals surface area (Å²) in [6.07, 6.45) is 1.49. The molecule has 2 fully saturated rings. The maximum Gasteiger partial charge on any atom is 0.243 e. The standard InChI is InChI=1S/C15H25N3O/c1-12(2)10-17-4-6-18(7-5-17)14(19)15(11-16)8-13(3)9-15/h12-13H,4-10H2,1-3H3. The molecule has 0 unspecified atom stereocenters. The Balaban J connectivity index is 1.88. The van der Waals surface area contributed by atoms with E-state index in [1.165, 1.54) is 0 Å². The SMILES string of the molecule is CC(C)CN1CCN(C(=O)C2(C#N)CC(C)C2)CC1. The van der Waals surface area contributed by atoms with Crippen LogP contribution in [-0.4, -0.2) is 48.4 Å². The first-order valence-electron chi connectivity index (χ1n) is 7.40. The Hall–Kier alpha value is -1.08. The maximum atomic E-state index is 12.5. The van der Waals surface area contributed by atoms with E-state index in [1.807, 2.05) is 4.90 Å². The largest absolute Gasteiger partial charge is 0.339 e. The lowest BCUT2D eigenvalue weighted by atomic mass is 9.62. The lowest BCUT2D eigenvalue weighted by Gasteiger charge is -2.44. The van der Waals surface area contributed by atoms with E-state index in [2.05, 4.69) is 31.7 Å². The number of hydrogen-bond donors (Lipinski definition) is 0. The van der Waals surface area contributed by atoms with Crippen LogP contribution in [0.3, 0.4) is 0 Å². The Morgan fingerprint density at radius 2 is 1.89 bits per heavy atom. The van der Waals surface area contributed by atoms with E-state index >= 15 is 0 Å². The summed E-state index contributed by atoms with van der Waals surface area (Å²) in [4.78, 5) is 16.8. The molecule has 0 atom stereocenters. The molecule has 0 aromatic carbocycles. The van der Waals surface area contributed by atoms with Gasteiger partial charge >= 0.3 is 0 Å². The topological polar surface area (TPSA) is 47.3 Å². The molecule has 2 rings (SSSR count). The van der Waals surface area contributed by atoms with Gasteiger partial charge in [-0.05, 0) is 24.7 Å². The highest BCUT2D eigenvalue weighted by Crippen LogP contribution is 2.46. The quantitative estimate of drug-likeness (QED) is 0.779. The van der Waals surface area contributed by atoms with Crippen molar-refractivity contribution in [3.63, 3.8) is 0 Å². The Morgan fingerprint density at radius 3 is 2.32 bits per heavy atom. The maximum absolute atomic E-state index is 12.5. The predicted molar refractivity (Wildman–Crippen MR) is 74.3 cm³/mol. The molecule has 1 heterocycles. The molecule has 0 N–H and O–H groups in total. The van der Waals surface area contributed by atoms with E-state index in [0.29, 0.717) is 11.8 Å². The van der Waals surface area contributed by atoms with Crippen molar-refractivity contribution in [2.24, 2.45) is 17.3 Å². The number of carbonyl (C=O) groups is 1. The van der Waals surface area contributed by atoms with Crippen molar-refractivity contribution >= 4 is 5.91 Å². The zero-order valence-corrected chi connectivity index (χ0v) is 12.4. The molecule has 1 aliphatic carbocycles. The van der Waals surface area contributed by atoms with Crippen molar-refractivity contribution in [1.82, 2.24) is 9.80 Å². The summed E-state index contributed by atoms with van der Waals surface area (Å²) in [6.45, 7) is 11.1. The van der Waals surface area contributed by atoms with Gasteiger partial charge in [0.25, 0.3) is 0 Å². The number of rotatable bonds is 3. The van der Waals surface area contributed by atoms with Gasteiger partial charge in [0.2, 0.25) is 5.91 Å². The second-order valence-electron chi connectivity index (χ2n) is 6.69. The first kappa shape index (κ1) is 14.3. The van der Waals surface area contributed by atoms with Crippen LogP contribution in [0.25, 0.3) is 0 Å². The van der Waals surface area contributed by atoms with Crippen molar-refractivity contribution in [2.75, 3.05) is 32.7 Å². The molecule has 0 aromatic rings. The molecule has 0 radical (unpaired) electrons. The molecule has 1 aliphatic heterocycles. The van der Waals surface area contributed by atoms with E-state index in [0.717, 1.165) is 45.6 Å². The van der Waals surface area contributed by atoms with Crippen LogP contribution in [0.4, 0.5) is 0 Å². The van der Waals surface area contributed by atoms with Gasteiger partial charge < -0.3 is 4.90 Å². The van der Waals surface area contributed by atoms with E-state index in [1.54, 1.807) is 0 Å². The highest BCUT2D eigenvalue weighted by atomic mass is 16.2. The number of nitrogens with zero attached hydrogens (tertiary/aromatic N) is 3. The van der Waals surface area contributed by atoms with Gasteiger partial charge in [-0.1, -0.05) is 20.8 Å². The van der Waals surface area contributed by atoms with Crippen LogP contribution >= 0.6 is 0 Å². The summed E-state index contributed by atoms with van der Waals surface area (Å²) in [5.74, 6) is 1.27. The minimum Gasteiger partial charge on any atom is -0.339 e. The number of carbonyl (C=O) groups excluding carboxylic acids is 1. The predicted octanol–water partition coefficient (Wildman–Crippen LogP) is 1.73. The number of hydrogen-bond acceptors (Lipinski definition) is 3. The zero-order chi connectivity index (χ0) is 14.0. The van der Waals surface area contributed by atoms with Crippen molar-refractivity contribution in [3.05, 3.63) is 0 Å². The molecular formula is C15H25N3O. The first-order valence-corrected chi connectivity index (χ1v) is 7.40. The third-order valence-electron chi connectivity index (χ3n) is 4.30. The number of amides is 1. The smallest absolute Gasteiger partial charge is 0.243 e. The second kappa shape index (κ2) is 5.50. The van der Waals surface area contributed by atoms with Crippen LogP contribution in [0.1, 0.15) is 33.6 Å². The summed E-state index contributed by atoms with van der Waals surface area (Å²) >= 11 is 0. The van der Waals surface area contributed by atoms with Crippen molar-refractivity contribution in [2.45, 2.75) is 33.6 Å². The van der Waals surface area contributed by atoms with Gasteiger partial charge in [-0.2, -0.15) is 5.26 Å². The van der Waals surface area contributed by atoms with Gasteiger partial charge in [0.15, 0.2) is 0 Å². The van der Waals surface area contributed by atoms with Gasteiger partial charge in [-0.3, -0.25) is 9.69 Å². The monoisotopic (exact) mass is 263 g/mol. The highest BCUT2D eigenvalue weighted by Gasteiger charge is 2.50. The molecule has 1 amide bonds. The molecular weight excluding hydrogens is 238 g/mol. The second-order valence-corrected chi connectivity index (χ2v) is 6.69. The molecule has 19 heavy (non-hydrogen) atoms. The van der Waals surface area contributed by atoms with Gasteiger partial charge in [0, 0.05) is 32.7 Å². The fourth-order valence-electron chi connectivity index (χ4n) is 3.40. The average Bonchev–Trinajstić information content (AvgIpc) is 2.34. The van der Waals surface area contributed by atoms with E-state index in [9.17, 15) is 10.1 Å². The van der Waals surface area contributed by atoms with E-state index in [4.69, 9.17) is 0 Å². The lowest BCUT2D eigenvalue weighted by Crippen LogP contribution is -2.56. The molecule has 1 saturated heterocycles. The van der Waals surface area contributed by atoms with Crippen LogP contribution in [0.2, 0.25) is 0 Å². The minimum atomic E-state index is -0.695. The molecule has 106 valence electrons. The Morgan fingerprint density at radius 1 is 1.32 bits per heavy atom. The van der Waals surface area contributed by atoms with Gasteiger partial charge in [-0.15, -0.1) is 0 Å². The third kappa shape index (κ3) is 2.92. The molecule has 1 saturated carbocycles. The van der Waals surface area contributed by atoms with Gasteiger partial charge in [0.05, 0.1) is 6.07 Å². The van der Waals surface area contributed by atoms with Crippen LogP contribution < -0.4 is 0 Å². The van der Waals surface area contributed by atoms with Crippen LogP contribution in [0.15, 0.2) is 0 Å². The van der Waals surface area contributed by atoms with E-state index in [-0.39, 0.29) is 5.91 Å². The van der Waals surface area contributed by atoms with Crippen molar-refractivity contribution in [1.29, 1.82) is 5.26 Å². The third-order valence-corrected chi connectivity index (χ3v) is 4.30. The lowest BCUT2D eigenvalue weighted by molar-refractivity contribution is -0.147. The van der Waals surface area contributed by atoms with E-state index < -0.39 is 5.41 Å². The first-order chi connectivity index (χ1) is 8.97. The summed E-state index contributed by atoms with van der Waals surface area (Å²) in [6, 6.07) is 2.28. The van der Waals surface area contributed by atoms with Crippen molar-refractivity contribution < 1.29 is 4.79 Å². The molecule has 0 bridgehead atoms. The summed E-state index contributed by atoms with van der Waals surface area (Å²) < 4.78 is 0. The van der Waals surface area contributed by atoms with Crippen LogP contribution in [0, 0.1) is 28.6 Å². The summed E-state index contributed by atoms with van der Waals surface area (Å²) in [7, 11) is 0. The normalized spacial score (nSPS) is 31.9. The molecule has 4 nitrogen and oxygen atoms in total. The minimum absolute atomic E-state index is 0.0808. The summed E-state index contributed by atoms with van der Waals surface area (Å²) in [5.41, 5.74) is -0.695. The summed E-state index contributed by atoms with van der Waals surface area (Å²) in [5, 5.41) is 9.32. The molecule has 0 spiro atoms. The Kier molecular flexibility index (Phi) is 4.15. The Labute approximate surface area is 116 Å². The average molecular weight is 263 g/mol. The van der Waals surface area contributed by atoms with Gasteiger partial charge in [0.1, 0.15) is 5.41 Å². The van der Waals surface area contributed by atoms with Crippen LogP contribution in [0.5, 0.6) is 0 Å². The zero-order valence-electron chi connectivity index (χ0n) is 12.4. The molecule has 0 aromatic heterocycles. The van der Waals surface area contributed by atoms with Crippen LogP contribution in [-0.2, 0) is 4.79 Å². The Bertz CT molecular complexity index is 371. The highest BCUT2D eigenvalue weighted by molar-refractivity contribution is 5.86. The van der Waals surface area contributed by atoms with Crippen molar-refractivity contribution in [3.8, 4) is 6.07 Å². The molecule has 4 heteroatoms. The molecule has 2 aliphatic rings. The number of nitriles is 1. The van der Waals surface area contributed by atoms with Gasteiger partial charge in [-0.25, -0.2) is 0 Å². The number of piperazine rings is 1. The fourth-order valence-corrected chi connectivity index (χ4v) is 3.40. The fraction of sp³-hybridized carbons (Fsp3) is 0.867.